The molecule has 0 aromatic heterocycles. The Morgan fingerprint density at radius 3 is 2.62 bits per heavy atom. The second-order valence-electron chi connectivity index (χ2n) is 6.00. The molecule has 0 saturated heterocycles. The Balaban J connectivity index is 1.63. The van der Waals surface area contributed by atoms with Gasteiger partial charge in [-0.2, -0.15) is 0 Å². The third kappa shape index (κ3) is 4.76. The Bertz CT molecular complexity index is 888. The molecule has 0 atom stereocenters. The second kappa shape index (κ2) is 7.60. The smallest absolute Gasteiger partial charge is 0.270 e. The monoisotopic (exact) mass is 351 g/mol. The lowest BCUT2D eigenvalue weighted by molar-refractivity contribution is -0.384. The SMILES string of the molecule is O=C(/C=C/c1cccc([N+](=O)[O-])c1)Nc1cccc(C(=O)NC2CC2)c1. The van der Waals surface area contributed by atoms with Crippen LogP contribution in [0.2, 0.25) is 0 Å². The fourth-order valence-corrected chi connectivity index (χ4v) is 2.33. The maximum atomic E-state index is 12.0. The van der Waals surface area contributed by atoms with Crippen molar-refractivity contribution >= 4 is 29.3 Å². The van der Waals surface area contributed by atoms with Gasteiger partial charge in [0.1, 0.15) is 0 Å². The molecular formula is C19H17N3O4. The van der Waals surface area contributed by atoms with Crippen LogP contribution in [0.4, 0.5) is 11.4 Å². The van der Waals surface area contributed by atoms with E-state index in [1.54, 1.807) is 36.4 Å². The van der Waals surface area contributed by atoms with E-state index in [2.05, 4.69) is 10.6 Å². The Hall–Kier alpha value is -3.48. The highest BCUT2D eigenvalue weighted by Gasteiger charge is 2.23. The van der Waals surface area contributed by atoms with Gasteiger partial charge in [0, 0.05) is 35.5 Å². The van der Waals surface area contributed by atoms with E-state index < -0.39 is 10.8 Å². The predicted octanol–water partition coefficient (Wildman–Crippen LogP) is 3.14. The molecule has 7 nitrogen and oxygen atoms in total. The molecule has 0 unspecified atom stereocenters. The third-order valence-electron chi connectivity index (χ3n) is 3.81. The predicted molar refractivity (Wildman–Crippen MR) is 97.7 cm³/mol. The molecule has 2 N–H and O–H groups in total. The van der Waals surface area contributed by atoms with Crippen LogP contribution in [0.3, 0.4) is 0 Å². The lowest BCUT2D eigenvalue weighted by Gasteiger charge is -2.06. The Morgan fingerprint density at radius 2 is 1.88 bits per heavy atom. The highest BCUT2D eigenvalue weighted by atomic mass is 16.6. The molecule has 0 aliphatic heterocycles. The summed E-state index contributed by atoms with van der Waals surface area (Å²) in [4.78, 5) is 34.3. The van der Waals surface area contributed by atoms with E-state index in [1.807, 2.05) is 0 Å². The minimum atomic E-state index is -0.490. The van der Waals surface area contributed by atoms with Crippen LogP contribution in [-0.4, -0.2) is 22.8 Å². The van der Waals surface area contributed by atoms with Crippen LogP contribution < -0.4 is 10.6 Å². The van der Waals surface area contributed by atoms with Crippen molar-refractivity contribution < 1.29 is 14.5 Å². The number of nitro groups is 1. The summed E-state index contributed by atoms with van der Waals surface area (Å²) in [6.45, 7) is 0. The second-order valence-corrected chi connectivity index (χ2v) is 6.00. The van der Waals surface area contributed by atoms with Gasteiger partial charge in [-0.1, -0.05) is 18.2 Å². The molecular weight excluding hydrogens is 334 g/mol. The number of non-ortho nitro benzene ring substituents is 1. The van der Waals surface area contributed by atoms with Crippen LogP contribution in [0.15, 0.2) is 54.6 Å². The van der Waals surface area contributed by atoms with Crippen LogP contribution in [0.5, 0.6) is 0 Å². The number of benzene rings is 2. The molecule has 2 aromatic rings. The molecule has 1 aliphatic carbocycles. The maximum Gasteiger partial charge on any atom is 0.270 e. The van der Waals surface area contributed by atoms with Crippen molar-refractivity contribution in [1.82, 2.24) is 5.32 Å². The van der Waals surface area contributed by atoms with Gasteiger partial charge in [-0.05, 0) is 42.7 Å². The quantitative estimate of drug-likeness (QED) is 0.474. The number of carbonyl (C=O) groups excluding carboxylic acids is 2. The number of anilines is 1. The third-order valence-corrected chi connectivity index (χ3v) is 3.81. The standard InChI is InChI=1S/C19H17N3O4/c23-18(10-7-13-3-1-6-17(11-13)22(25)26)20-16-5-2-4-14(12-16)19(24)21-15-8-9-15/h1-7,10-12,15H,8-9H2,(H,20,23)(H,21,24)/b10-7+. The molecule has 7 heteroatoms. The maximum absolute atomic E-state index is 12.0. The topological polar surface area (TPSA) is 101 Å². The Kier molecular flexibility index (Phi) is 5.07. The number of amides is 2. The number of hydrogen-bond acceptors (Lipinski definition) is 4. The first-order valence-corrected chi connectivity index (χ1v) is 8.16. The molecule has 26 heavy (non-hydrogen) atoms. The van der Waals surface area contributed by atoms with Gasteiger partial charge in [0.15, 0.2) is 0 Å². The number of nitro benzene ring substituents is 1. The zero-order valence-corrected chi connectivity index (χ0v) is 13.8. The first-order valence-electron chi connectivity index (χ1n) is 8.16. The van der Waals surface area contributed by atoms with Crippen molar-refractivity contribution in [3.05, 3.63) is 75.8 Å². The van der Waals surface area contributed by atoms with Gasteiger partial charge in [-0.25, -0.2) is 0 Å². The summed E-state index contributed by atoms with van der Waals surface area (Å²) >= 11 is 0. The van der Waals surface area contributed by atoms with Crippen molar-refractivity contribution in [2.75, 3.05) is 5.32 Å². The number of carbonyl (C=O) groups is 2. The van der Waals surface area contributed by atoms with E-state index >= 15 is 0 Å². The van der Waals surface area contributed by atoms with E-state index in [-0.39, 0.29) is 17.6 Å². The molecule has 3 rings (SSSR count). The Morgan fingerprint density at radius 1 is 1.12 bits per heavy atom. The summed E-state index contributed by atoms with van der Waals surface area (Å²) in [5.74, 6) is -0.549. The van der Waals surface area contributed by atoms with Crippen LogP contribution in [0.1, 0.15) is 28.8 Å². The minimum absolute atomic E-state index is 0.0399. The Labute approximate surface area is 149 Å². The zero-order chi connectivity index (χ0) is 18.5. The average Bonchev–Trinajstić information content (AvgIpc) is 3.44. The van der Waals surface area contributed by atoms with Gasteiger partial charge in [0.2, 0.25) is 5.91 Å². The van der Waals surface area contributed by atoms with Crippen LogP contribution in [-0.2, 0) is 4.79 Å². The fourth-order valence-electron chi connectivity index (χ4n) is 2.33. The molecule has 2 amide bonds. The van der Waals surface area contributed by atoms with Crippen molar-refractivity contribution in [2.45, 2.75) is 18.9 Å². The van der Waals surface area contributed by atoms with Crippen molar-refractivity contribution in [3.8, 4) is 0 Å². The zero-order valence-electron chi connectivity index (χ0n) is 13.8. The van der Waals surface area contributed by atoms with Gasteiger partial charge in [0.05, 0.1) is 4.92 Å². The number of nitrogens with zero attached hydrogens (tertiary/aromatic N) is 1. The summed E-state index contributed by atoms with van der Waals surface area (Å²) < 4.78 is 0. The molecule has 1 aliphatic rings. The van der Waals surface area contributed by atoms with E-state index in [1.165, 1.54) is 24.3 Å². The molecule has 1 saturated carbocycles. The van der Waals surface area contributed by atoms with Crippen LogP contribution in [0.25, 0.3) is 6.08 Å². The molecule has 0 radical (unpaired) electrons. The average molecular weight is 351 g/mol. The number of rotatable bonds is 6. The first kappa shape index (κ1) is 17.3. The van der Waals surface area contributed by atoms with Crippen molar-refractivity contribution in [2.24, 2.45) is 0 Å². The molecule has 1 fully saturated rings. The van der Waals surface area contributed by atoms with Gasteiger partial charge in [-0.15, -0.1) is 0 Å². The van der Waals surface area contributed by atoms with Crippen molar-refractivity contribution in [3.63, 3.8) is 0 Å². The molecule has 132 valence electrons. The van der Waals surface area contributed by atoms with Crippen molar-refractivity contribution in [1.29, 1.82) is 0 Å². The molecule has 0 spiro atoms. The van der Waals surface area contributed by atoms with Crippen LogP contribution in [0, 0.1) is 10.1 Å². The lowest BCUT2D eigenvalue weighted by atomic mass is 10.1. The largest absolute Gasteiger partial charge is 0.349 e. The number of nitrogens with one attached hydrogen (secondary N) is 2. The van der Waals surface area contributed by atoms with E-state index in [9.17, 15) is 19.7 Å². The highest BCUT2D eigenvalue weighted by Crippen LogP contribution is 2.20. The summed E-state index contributed by atoms with van der Waals surface area (Å²) in [5.41, 5.74) is 1.49. The van der Waals surface area contributed by atoms with Gasteiger partial charge >= 0.3 is 0 Å². The summed E-state index contributed by atoms with van der Waals surface area (Å²) in [7, 11) is 0. The summed E-state index contributed by atoms with van der Waals surface area (Å²) in [6, 6.07) is 12.9. The van der Waals surface area contributed by atoms with E-state index in [4.69, 9.17) is 0 Å². The molecule has 0 bridgehead atoms. The fraction of sp³-hybridized carbons (Fsp3) is 0.158. The lowest BCUT2D eigenvalue weighted by Crippen LogP contribution is -2.25. The summed E-state index contributed by atoms with van der Waals surface area (Å²) in [5, 5.41) is 16.3. The van der Waals surface area contributed by atoms with Crippen LogP contribution >= 0.6 is 0 Å². The number of hydrogen-bond donors (Lipinski definition) is 2. The summed E-state index contributed by atoms with van der Waals surface area (Å²) in [6.07, 6.45) is 4.79. The molecule has 0 heterocycles. The van der Waals surface area contributed by atoms with Gasteiger partial charge < -0.3 is 10.6 Å². The normalized spacial score (nSPS) is 13.4. The minimum Gasteiger partial charge on any atom is -0.349 e. The highest BCUT2D eigenvalue weighted by molar-refractivity contribution is 6.03. The first-order chi connectivity index (χ1) is 12.5. The van der Waals surface area contributed by atoms with E-state index in [0.29, 0.717) is 16.8 Å². The van der Waals surface area contributed by atoms with E-state index in [0.717, 1.165) is 12.8 Å². The molecule has 2 aromatic carbocycles. The van der Waals surface area contributed by atoms with Gasteiger partial charge in [0.25, 0.3) is 11.6 Å². The van der Waals surface area contributed by atoms with Gasteiger partial charge in [-0.3, -0.25) is 19.7 Å².